The zero-order valence-electron chi connectivity index (χ0n) is 18.2. The van der Waals surface area contributed by atoms with E-state index >= 15 is 0 Å². The predicted molar refractivity (Wildman–Crippen MR) is 139 cm³/mol. The van der Waals surface area contributed by atoms with Crippen LogP contribution >= 0.6 is 28.1 Å². The maximum atomic E-state index is 9.83. The molecule has 2 atom stereocenters. The number of phenols is 1. The third kappa shape index (κ3) is 3.81. The van der Waals surface area contributed by atoms with Gasteiger partial charge >= 0.3 is 0 Å². The fraction of sp³-hybridized carbons (Fsp3) is 0.154. The zero-order valence-corrected chi connectivity index (χ0v) is 20.6. The van der Waals surface area contributed by atoms with E-state index in [0.29, 0.717) is 5.11 Å². The van der Waals surface area contributed by atoms with Gasteiger partial charge in [-0.05, 0) is 102 Å². The van der Waals surface area contributed by atoms with E-state index in [1.54, 1.807) is 12.1 Å². The summed E-state index contributed by atoms with van der Waals surface area (Å²) in [4.78, 5) is 6.77. The van der Waals surface area contributed by atoms with Crippen LogP contribution in [0.5, 0.6) is 5.75 Å². The summed E-state index contributed by atoms with van der Waals surface area (Å²) in [5, 5.41) is 14.0. The molecule has 0 spiro atoms. The summed E-state index contributed by atoms with van der Waals surface area (Å²) in [5.74, 6) is 0.224. The van der Waals surface area contributed by atoms with Crippen LogP contribution < -0.4 is 10.2 Å². The van der Waals surface area contributed by atoms with E-state index in [2.05, 4.69) is 67.7 Å². The van der Waals surface area contributed by atoms with Crippen LogP contribution in [0.1, 0.15) is 34.7 Å². The van der Waals surface area contributed by atoms with E-state index in [-0.39, 0.29) is 17.8 Å². The van der Waals surface area contributed by atoms with E-state index in [1.165, 1.54) is 5.56 Å². The first kappa shape index (κ1) is 21.7. The molecule has 1 saturated heterocycles. The molecule has 5 nitrogen and oxygen atoms in total. The van der Waals surface area contributed by atoms with E-state index in [0.717, 1.165) is 32.9 Å². The number of rotatable bonds is 4. The van der Waals surface area contributed by atoms with E-state index < -0.39 is 0 Å². The van der Waals surface area contributed by atoms with Crippen molar-refractivity contribution < 1.29 is 5.11 Å². The Bertz CT molecular complexity index is 1320. The molecule has 5 rings (SSSR count). The first-order valence-electron chi connectivity index (χ1n) is 10.7. The van der Waals surface area contributed by atoms with Crippen LogP contribution in [-0.4, -0.2) is 19.8 Å². The molecule has 166 valence electrons. The van der Waals surface area contributed by atoms with Crippen LogP contribution in [0.4, 0.5) is 5.69 Å². The number of anilines is 1. The number of para-hydroxylation sites is 1. The minimum absolute atomic E-state index is 0.112. The third-order valence-electron chi connectivity index (χ3n) is 6.11. The first-order chi connectivity index (χ1) is 16.0. The lowest BCUT2D eigenvalue weighted by molar-refractivity contribution is 0.475. The molecular weight excluding hydrogens is 496 g/mol. The smallest absolute Gasteiger partial charge is 0.174 e. The largest absolute Gasteiger partial charge is 0.508 e. The highest BCUT2D eigenvalue weighted by molar-refractivity contribution is 9.10. The molecule has 2 N–H and O–H groups in total. The molecule has 33 heavy (non-hydrogen) atoms. The molecule has 1 aliphatic rings. The summed E-state index contributed by atoms with van der Waals surface area (Å²) in [6.45, 7) is 4.27. The molecule has 4 aromatic rings. The van der Waals surface area contributed by atoms with E-state index in [1.807, 2.05) is 48.7 Å². The number of phenolic OH excluding ortho intramolecular Hbond substituents is 1. The number of hydrogen-bond acceptors (Lipinski definition) is 3. The zero-order chi connectivity index (χ0) is 23.1. The van der Waals surface area contributed by atoms with Gasteiger partial charge in [0.1, 0.15) is 5.75 Å². The average Bonchev–Trinajstić information content (AvgIpc) is 3.31. The SMILES string of the molecule is Cc1cc([C@H]2[C@@H](c3ccccn3)NC(=S)N2c2ccc(O)cc2)c(C)n1-c1ccccc1Br. The van der Waals surface area contributed by atoms with Gasteiger partial charge in [0, 0.05) is 27.7 Å². The Morgan fingerprint density at radius 2 is 1.73 bits per heavy atom. The van der Waals surface area contributed by atoms with Gasteiger partial charge in [-0.2, -0.15) is 0 Å². The predicted octanol–water partition coefficient (Wildman–Crippen LogP) is 6.13. The summed E-state index contributed by atoms with van der Waals surface area (Å²) in [7, 11) is 0. The highest BCUT2D eigenvalue weighted by atomic mass is 79.9. The van der Waals surface area contributed by atoms with E-state index in [9.17, 15) is 5.11 Å². The topological polar surface area (TPSA) is 53.3 Å². The number of aryl methyl sites for hydroxylation is 1. The number of hydrogen-bond donors (Lipinski definition) is 2. The van der Waals surface area contributed by atoms with E-state index in [4.69, 9.17) is 12.2 Å². The van der Waals surface area contributed by atoms with Gasteiger partial charge in [0.05, 0.1) is 23.5 Å². The molecule has 0 aliphatic carbocycles. The molecule has 1 fully saturated rings. The fourth-order valence-corrected chi connectivity index (χ4v) is 5.46. The highest BCUT2D eigenvalue weighted by Crippen LogP contribution is 2.44. The van der Waals surface area contributed by atoms with Crippen molar-refractivity contribution in [2.24, 2.45) is 0 Å². The van der Waals surface area contributed by atoms with Crippen molar-refractivity contribution in [3.63, 3.8) is 0 Å². The summed E-state index contributed by atoms with van der Waals surface area (Å²) in [6.07, 6.45) is 1.81. The van der Waals surface area contributed by atoms with Crippen LogP contribution in [0.2, 0.25) is 0 Å². The van der Waals surface area contributed by atoms with Gasteiger partial charge in [0.2, 0.25) is 0 Å². The fourth-order valence-electron chi connectivity index (χ4n) is 4.65. The van der Waals surface area contributed by atoms with Crippen molar-refractivity contribution in [1.82, 2.24) is 14.9 Å². The number of halogens is 1. The number of nitrogens with one attached hydrogen (secondary N) is 1. The summed E-state index contributed by atoms with van der Waals surface area (Å²) >= 11 is 9.53. The molecule has 7 heteroatoms. The Balaban J connectivity index is 1.69. The van der Waals surface area contributed by atoms with Crippen LogP contribution in [-0.2, 0) is 0 Å². The number of aromatic nitrogens is 2. The van der Waals surface area contributed by atoms with Crippen molar-refractivity contribution in [1.29, 1.82) is 0 Å². The molecular formula is C26H23BrN4OS. The molecule has 0 radical (unpaired) electrons. The van der Waals surface area contributed by atoms with Gasteiger partial charge in [0.15, 0.2) is 5.11 Å². The number of pyridine rings is 1. The Labute approximate surface area is 206 Å². The second-order valence-electron chi connectivity index (χ2n) is 8.13. The maximum Gasteiger partial charge on any atom is 0.174 e. The summed E-state index contributed by atoms with van der Waals surface area (Å²) in [6, 6.07) is 23.3. The van der Waals surface area contributed by atoms with Gasteiger partial charge in [-0.15, -0.1) is 0 Å². The molecule has 2 aromatic heterocycles. The van der Waals surface area contributed by atoms with Crippen molar-refractivity contribution >= 4 is 38.9 Å². The molecule has 2 aromatic carbocycles. The number of nitrogens with zero attached hydrogens (tertiary/aromatic N) is 3. The Hall–Kier alpha value is -3.16. The second-order valence-corrected chi connectivity index (χ2v) is 9.37. The lowest BCUT2D eigenvalue weighted by Gasteiger charge is -2.28. The van der Waals surface area contributed by atoms with Gasteiger partial charge in [0.25, 0.3) is 0 Å². The van der Waals surface area contributed by atoms with Gasteiger partial charge in [-0.3, -0.25) is 4.98 Å². The quantitative estimate of drug-likeness (QED) is 0.318. The standard InChI is InChI=1S/C26H23BrN4OS/c1-16-15-20(17(2)30(16)23-9-4-3-7-21(23)27)25-24(22-8-5-6-14-28-22)29-26(33)31(25)18-10-12-19(32)13-11-18/h3-15,24-25,32H,1-2H3,(H,29,33)/t24-,25+/m1/s1. The first-order valence-corrected chi connectivity index (χ1v) is 11.9. The third-order valence-corrected chi connectivity index (χ3v) is 7.09. The number of aromatic hydroxyl groups is 1. The molecule has 0 saturated carbocycles. The number of benzene rings is 2. The lowest BCUT2D eigenvalue weighted by atomic mass is 9.96. The van der Waals surface area contributed by atoms with Crippen molar-refractivity contribution in [3.05, 3.63) is 106 Å². The Morgan fingerprint density at radius 3 is 2.42 bits per heavy atom. The number of thiocarbonyl (C=S) groups is 1. The van der Waals surface area contributed by atoms with Crippen molar-refractivity contribution in [2.75, 3.05) is 4.90 Å². The normalized spacial score (nSPS) is 17.9. The second kappa shape index (κ2) is 8.65. The van der Waals surface area contributed by atoms with Gasteiger partial charge in [-0.1, -0.05) is 18.2 Å². The van der Waals surface area contributed by atoms with Gasteiger partial charge < -0.3 is 19.9 Å². The molecule has 0 amide bonds. The minimum Gasteiger partial charge on any atom is -0.508 e. The minimum atomic E-state index is -0.124. The monoisotopic (exact) mass is 518 g/mol. The molecule has 0 bridgehead atoms. The van der Waals surface area contributed by atoms with Gasteiger partial charge in [-0.25, -0.2) is 0 Å². The van der Waals surface area contributed by atoms with Crippen LogP contribution in [0.3, 0.4) is 0 Å². The van der Waals surface area contributed by atoms with Crippen molar-refractivity contribution in [3.8, 4) is 11.4 Å². The maximum absolute atomic E-state index is 9.83. The van der Waals surface area contributed by atoms with Crippen molar-refractivity contribution in [2.45, 2.75) is 25.9 Å². The Kier molecular flexibility index (Phi) is 5.68. The summed E-state index contributed by atoms with van der Waals surface area (Å²) < 4.78 is 3.31. The average molecular weight is 519 g/mol. The van der Waals surface area contributed by atoms with Crippen LogP contribution in [0.15, 0.2) is 83.5 Å². The van der Waals surface area contributed by atoms with Crippen LogP contribution in [0, 0.1) is 13.8 Å². The summed E-state index contributed by atoms with van der Waals surface area (Å²) in [5.41, 5.74) is 6.38. The Morgan fingerprint density at radius 1 is 1.00 bits per heavy atom. The molecule has 3 heterocycles. The van der Waals surface area contributed by atoms with Crippen LogP contribution in [0.25, 0.3) is 5.69 Å². The molecule has 1 aliphatic heterocycles. The lowest BCUT2D eigenvalue weighted by Crippen LogP contribution is -2.29. The highest BCUT2D eigenvalue weighted by Gasteiger charge is 2.42. The molecule has 0 unspecified atom stereocenters.